The Bertz CT molecular complexity index is 1440. The van der Waals surface area contributed by atoms with E-state index in [1.807, 2.05) is 34.7 Å². The third-order valence-corrected chi connectivity index (χ3v) is 8.35. The van der Waals surface area contributed by atoms with E-state index in [-0.39, 0.29) is 5.82 Å². The Morgan fingerprint density at radius 1 is 0.892 bits per heavy atom. The molecule has 9 heteroatoms. The van der Waals surface area contributed by atoms with Crippen LogP contribution in [0.5, 0.6) is 0 Å². The molecule has 4 aromatic rings. The zero-order valence-electron chi connectivity index (χ0n) is 21.0. The first-order valence-electron chi connectivity index (χ1n) is 13.1. The molecule has 1 aliphatic carbocycles. The number of halogens is 1. The molecular formula is C28H30FN7O. The fraction of sp³-hybridized carbons (Fsp3) is 0.429. The van der Waals surface area contributed by atoms with Crippen LogP contribution < -0.4 is 9.80 Å². The van der Waals surface area contributed by atoms with Crippen LogP contribution in [0.15, 0.2) is 42.9 Å². The number of pyridine rings is 2. The van der Waals surface area contributed by atoms with Gasteiger partial charge in [0.05, 0.1) is 30.8 Å². The van der Waals surface area contributed by atoms with Crippen molar-refractivity contribution in [1.29, 1.82) is 0 Å². The van der Waals surface area contributed by atoms with Gasteiger partial charge in [-0.15, -0.1) is 0 Å². The fourth-order valence-corrected chi connectivity index (χ4v) is 6.39. The topological polar surface area (TPSA) is 71.7 Å². The van der Waals surface area contributed by atoms with Crippen molar-refractivity contribution in [2.24, 2.45) is 5.41 Å². The highest BCUT2D eigenvalue weighted by Gasteiger charge is 2.41. The van der Waals surface area contributed by atoms with Crippen LogP contribution in [0, 0.1) is 18.2 Å². The van der Waals surface area contributed by atoms with Crippen molar-refractivity contribution in [3.05, 3.63) is 65.6 Å². The van der Waals surface area contributed by atoms with Gasteiger partial charge in [0.15, 0.2) is 17.5 Å². The molecule has 6 heterocycles. The summed E-state index contributed by atoms with van der Waals surface area (Å²) in [5.74, 6) is 0.941. The van der Waals surface area contributed by atoms with Crippen molar-refractivity contribution in [3.8, 4) is 11.3 Å². The Morgan fingerprint density at radius 3 is 2.51 bits per heavy atom. The molecule has 0 aromatic carbocycles. The van der Waals surface area contributed by atoms with Crippen molar-refractivity contribution in [1.82, 2.24) is 24.6 Å². The van der Waals surface area contributed by atoms with Gasteiger partial charge in [0.2, 0.25) is 0 Å². The van der Waals surface area contributed by atoms with Gasteiger partial charge in [-0.05, 0) is 61.8 Å². The zero-order valence-corrected chi connectivity index (χ0v) is 21.0. The van der Waals surface area contributed by atoms with E-state index in [1.165, 1.54) is 11.3 Å². The lowest BCUT2D eigenvalue weighted by Crippen LogP contribution is -2.41. The molecule has 0 unspecified atom stereocenters. The average Bonchev–Trinajstić information content (AvgIpc) is 3.55. The van der Waals surface area contributed by atoms with Crippen molar-refractivity contribution in [2.75, 3.05) is 49.2 Å². The van der Waals surface area contributed by atoms with Gasteiger partial charge < -0.3 is 14.5 Å². The molecule has 190 valence electrons. The van der Waals surface area contributed by atoms with Crippen LogP contribution in [0.3, 0.4) is 0 Å². The van der Waals surface area contributed by atoms with Crippen LogP contribution in [0.25, 0.3) is 16.8 Å². The van der Waals surface area contributed by atoms with E-state index in [4.69, 9.17) is 9.72 Å². The maximum Gasteiger partial charge on any atom is 0.175 e. The van der Waals surface area contributed by atoms with Crippen molar-refractivity contribution in [2.45, 2.75) is 32.6 Å². The predicted molar refractivity (Wildman–Crippen MR) is 139 cm³/mol. The van der Waals surface area contributed by atoms with E-state index in [2.05, 4.69) is 26.0 Å². The zero-order chi connectivity index (χ0) is 25.0. The number of aryl methyl sites for hydroxylation is 1. The number of anilines is 2. The van der Waals surface area contributed by atoms with E-state index in [0.29, 0.717) is 48.8 Å². The van der Waals surface area contributed by atoms with Crippen molar-refractivity contribution in [3.63, 3.8) is 0 Å². The average molecular weight is 500 g/mol. The molecule has 0 N–H and O–H groups in total. The van der Waals surface area contributed by atoms with Crippen LogP contribution in [-0.4, -0.2) is 64.0 Å². The first-order valence-corrected chi connectivity index (χ1v) is 13.1. The maximum atomic E-state index is 15.9. The normalized spacial score (nSPS) is 19.1. The van der Waals surface area contributed by atoms with E-state index in [1.54, 1.807) is 18.5 Å². The molecule has 0 radical (unpaired) electrons. The largest absolute Gasteiger partial charge is 0.378 e. The van der Waals surface area contributed by atoms with Crippen LogP contribution in [-0.2, 0) is 17.6 Å². The third kappa shape index (κ3) is 3.75. The van der Waals surface area contributed by atoms with Gasteiger partial charge in [0.25, 0.3) is 0 Å². The maximum absolute atomic E-state index is 15.9. The van der Waals surface area contributed by atoms with Crippen LogP contribution in [0.4, 0.5) is 16.0 Å². The number of rotatable bonds is 3. The second-order valence-electron chi connectivity index (χ2n) is 10.5. The van der Waals surface area contributed by atoms with E-state index >= 15 is 4.39 Å². The minimum absolute atomic E-state index is 0.300. The van der Waals surface area contributed by atoms with Gasteiger partial charge in [-0.3, -0.25) is 4.98 Å². The number of aromatic nitrogens is 5. The first-order chi connectivity index (χ1) is 18.1. The summed E-state index contributed by atoms with van der Waals surface area (Å²) >= 11 is 0. The van der Waals surface area contributed by atoms with Crippen LogP contribution in [0.2, 0.25) is 0 Å². The van der Waals surface area contributed by atoms with E-state index < -0.39 is 0 Å². The Kier molecular flexibility index (Phi) is 5.35. The lowest BCUT2D eigenvalue weighted by Gasteiger charge is -2.40. The van der Waals surface area contributed by atoms with Gasteiger partial charge in [-0.25, -0.2) is 18.9 Å². The van der Waals surface area contributed by atoms with Crippen LogP contribution in [0.1, 0.15) is 29.8 Å². The molecule has 0 atom stereocenters. The molecule has 7 rings (SSSR count). The lowest BCUT2D eigenvalue weighted by atomic mass is 9.76. The minimum atomic E-state index is -0.340. The molecular weight excluding hydrogens is 469 g/mol. The number of fused-ring (bicyclic) bond motifs is 2. The summed E-state index contributed by atoms with van der Waals surface area (Å²) in [5.41, 5.74) is 5.76. The highest BCUT2D eigenvalue weighted by Crippen LogP contribution is 2.45. The first kappa shape index (κ1) is 22.6. The minimum Gasteiger partial charge on any atom is -0.378 e. The number of hydrogen-bond acceptors (Lipinski definition) is 7. The van der Waals surface area contributed by atoms with E-state index in [0.717, 1.165) is 55.8 Å². The summed E-state index contributed by atoms with van der Waals surface area (Å²) in [6.07, 6.45) is 9.75. The molecule has 2 aliphatic heterocycles. The molecule has 3 aliphatic rings. The van der Waals surface area contributed by atoms with E-state index in [9.17, 15) is 0 Å². The molecule has 0 saturated carbocycles. The molecule has 2 fully saturated rings. The van der Waals surface area contributed by atoms with Gasteiger partial charge in [-0.2, -0.15) is 5.10 Å². The smallest absolute Gasteiger partial charge is 0.175 e. The molecule has 1 spiro atoms. The SMILES string of the molecule is Cc1nc(N2CCC3(CC2)Cc2cccnc2C3)c2ccnn2c1-c1ccnc(N2CCOCC2)c1F. The number of morpholine rings is 1. The third-order valence-electron chi connectivity index (χ3n) is 8.35. The highest BCUT2D eigenvalue weighted by atomic mass is 19.1. The molecule has 37 heavy (non-hydrogen) atoms. The summed E-state index contributed by atoms with van der Waals surface area (Å²) in [6.45, 7) is 6.21. The molecule has 4 aromatic heterocycles. The molecule has 2 saturated heterocycles. The predicted octanol–water partition coefficient (Wildman–Crippen LogP) is 3.86. The fourth-order valence-electron chi connectivity index (χ4n) is 6.39. The molecule has 8 nitrogen and oxygen atoms in total. The summed E-state index contributed by atoms with van der Waals surface area (Å²) in [5, 5.41) is 4.61. The second kappa shape index (κ2) is 8.76. The standard InChI is InChI=1S/C28H30FN7O/c1-19-25(21-4-9-31-27(24(21)29)35-13-15-37-16-14-35)36-23(5-10-32-36)26(33-19)34-11-6-28(7-12-34)17-20-3-2-8-30-22(20)18-28/h2-5,8-10H,6-7,11-18H2,1H3. The van der Waals surface area contributed by atoms with Gasteiger partial charge in [0, 0.05) is 49.8 Å². The van der Waals surface area contributed by atoms with Crippen LogP contribution >= 0.6 is 0 Å². The molecule has 0 amide bonds. The summed E-state index contributed by atoms with van der Waals surface area (Å²) in [6, 6.07) is 7.98. The number of ether oxygens (including phenoxy) is 1. The van der Waals surface area contributed by atoms with Crippen molar-refractivity contribution < 1.29 is 9.13 Å². The summed E-state index contributed by atoms with van der Waals surface area (Å²) < 4.78 is 23.1. The van der Waals surface area contributed by atoms with Gasteiger partial charge in [0.1, 0.15) is 5.52 Å². The number of hydrogen-bond donors (Lipinski definition) is 0. The summed E-state index contributed by atoms with van der Waals surface area (Å²) in [7, 11) is 0. The second-order valence-corrected chi connectivity index (χ2v) is 10.5. The van der Waals surface area contributed by atoms with Gasteiger partial charge >= 0.3 is 0 Å². The number of piperidine rings is 1. The van der Waals surface area contributed by atoms with Gasteiger partial charge in [-0.1, -0.05) is 6.07 Å². The monoisotopic (exact) mass is 499 g/mol. The Hall–Kier alpha value is -3.59. The summed E-state index contributed by atoms with van der Waals surface area (Å²) in [4.78, 5) is 18.4. The lowest BCUT2D eigenvalue weighted by molar-refractivity contribution is 0.122. The molecule has 0 bridgehead atoms. The quantitative estimate of drug-likeness (QED) is 0.424. The number of nitrogens with zero attached hydrogens (tertiary/aromatic N) is 7. The van der Waals surface area contributed by atoms with Crippen molar-refractivity contribution >= 4 is 17.2 Å². The highest BCUT2D eigenvalue weighted by molar-refractivity contribution is 5.76. The Morgan fingerprint density at radius 2 is 1.70 bits per heavy atom. The Labute approximate surface area is 215 Å². The Balaban J connectivity index is 1.20.